The normalized spacial score (nSPS) is 15.1. The van der Waals surface area contributed by atoms with E-state index in [9.17, 15) is 0 Å². The van der Waals surface area contributed by atoms with Crippen LogP contribution in [0, 0.1) is 0 Å². The number of benzene rings is 8. The van der Waals surface area contributed by atoms with Gasteiger partial charge in [-0.3, -0.25) is 0 Å². The van der Waals surface area contributed by atoms with Crippen LogP contribution in [-0.4, -0.2) is 22.2 Å². The van der Waals surface area contributed by atoms with Crippen molar-refractivity contribution in [3.8, 4) is 22.3 Å². The van der Waals surface area contributed by atoms with Crippen LogP contribution < -0.4 is 30.5 Å². The van der Waals surface area contributed by atoms with Gasteiger partial charge in [0.15, 0.2) is 8.07 Å². The number of rotatable bonds is 3. The molecular formula is C51H38N2Si. The quantitative estimate of drug-likeness (QED) is 0.169. The van der Waals surface area contributed by atoms with Crippen molar-refractivity contribution in [2.75, 3.05) is 23.9 Å². The van der Waals surface area contributed by atoms with Crippen molar-refractivity contribution in [2.24, 2.45) is 0 Å². The van der Waals surface area contributed by atoms with Gasteiger partial charge >= 0.3 is 0 Å². The Morgan fingerprint density at radius 3 is 1.44 bits per heavy atom. The van der Waals surface area contributed by atoms with Crippen molar-refractivity contribution < 1.29 is 0 Å². The fourth-order valence-corrected chi connectivity index (χ4v) is 15.5. The molecule has 1 aliphatic carbocycles. The van der Waals surface area contributed by atoms with Crippen LogP contribution in [0.2, 0.25) is 0 Å². The third-order valence-corrected chi connectivity index (χ3v) is 17.4. The van der Waals surface area contributed by atoms with Crippen LogP contribution in [0.5, 0.6) is 0 Å². The highest BCUT2D eigenvalue weighted by Crippen LogP contribution is 2.62. The van der Waals surface area contributed by atoms with E-state index in [4.69, 9.17) is 0 Å². The zero-order chi connectivity index (χ0) is 36.0. The van der Waals surface area contributed by atoms with Crippen molar-refractivity contribution >= 4 is 51.6 Å². The van der Waals surface area contributed by atoms with Gasteiger partial charge in [-0.2, -0.15) is 0 Å². The molecule has 0 radical (unpaired) electrons. The SMILES string of the molecule is CN1c2ccccc2C2(c3ccccc3-c3ccccc32)c2ccc(-c3ccc4c(c3)N(C)c3ccccc3[Si]4(c3ccccc3)c3ccccc3)cc21. The van der Waals surface area contributed by atoms with Crippen molar-refractivity contribution in [1.29, 1.82) is 0 Å². The maximum absolute atomic E-state index is 2.66. The van der Waals surface area contributed by atoms with Gasteiger partial charge in [-0.15, -0.1) is 0 Å². The summed E-state index contributed by atoms with van der Waals surface area (Å²) < 4.78 is 0. The third kappa shape index (κ3) is 3.94. The van der Waals surface area contributed by atoms with E-state index < -0.39 is 13.5 Å². The first-order valence-electron chi connectivity index (χ1n) is 18.9. The second-order valence-electron chi connectivity index (χ2n) is 14.9. The van der Waals surface area contributed by atoms with Gasteiger partial charge in [-0.1, -0.05) is 170 Å². The predicted molar refractivity (Wildman–Crippen MR) is 229 cm³/mol. The molecule has 0 fully saturated rings. The molecule has 11 rings (SSSR count). The number of anilines is 4. The van der Waals surface area contributed by atoms with Crippen molar-refractivity contribution in [3.05, 3.63) is 216 Å². The maximum atomic E-state index is 2.45. The van der Waals surface area contributed by atoms with E-state index in [0.29, 0.717) is 0 Å². The van der Waals surface area contributed by atoms with E-state index in [1.165, 1.54) is 88.0 Å². The van der Waals surface area contributed by atoms with Gasteiger partial charge in [-0.25, -0.2) is 0 Å². The summed E-state index contributed by atoms with van der Waals surface area (Å²) in [4.78, 5) is 4.83. The van der Waals surface area contributed by atoms with Gasteiger partial charge in [0.25, 0.3) is 0 Å². The van der Waals surface area contributed by atoms with Gasteiger partial charge in [0, 0.05) is 36.8 Å². The van der Waals surface area contributed by atoms with Crippen LogP contribution in [0.15, 0.2) is 194 Å². The summed E-state index contributed by atoms with van der Waals surface area (Å²) in [5.41, 5.74) is 15.1. The lowest BCUT2D eigenvalue weighted by atomic mass is 9.64. The van der Waals surface area contributed by atoms with Crippen LogP contribution in [0.1, 0.15) is 22.3 Å². The molecule has 2 nitrogen and oxygen atoms in total. The summed E-state index contributed by atoms with van der Waals surface area (Å²) >= 11 is 0. The van der Waals surface area contributed by atoms with Crippen LogP contribution >= 0.6 is 0 Å². The number of fused-ring (bicyclic) bond motifs is 11. The lowest BCUT2D eigenvalue weighted by molar-refractivity contribution is 0.748. The second kappa shape index (κ2) is 11.5. The largest absolute Gasteiger partial charge is 0.345 e. The first kappa shape index (κ1) is 31.1. The Hall–Kier alpha value is -6.42. The van der Waals surface area contributed by atoms with Crippen molar-refractivity contribution in [2.45, 2.75) is 5.41 Å². The summed E-state index contributed by atoms with van der Waals surface area (Å²) in [5, 5.41) is 5.66. The third-order valence-electron chi connectivity index (χ3n) is 12.6. The molecule has 2 aliphatic heterocycles. The highest BCUT2D eigenvalue weighted by molar-refractivity contribution is 7.21. The molecule has 0 saturated carbocycles. The number of hydrogen-bond acceptors (Lipinski definition) is 2. The molecule has 8 aromatic carbocycles. The van der Waals surface area contributed by atoms with Crippen LogP contribution in [-0.2, 0) is 5.41 Å². The minimum Gasteiger partial charge on any atom is -0.345 e. The molecule has 0 bridgehead atoms. The molecule has 0 aromatic heterocycles. The van der Waals surface area contributed by atoms with E-state index in [1.807, 2.05) is 0 Å². The summed E-state index contributed by atoms with van der Waals surface area (Å²) in [6.07, 6.45) is 0. The van der Waals surface area contributed by atoms with Gasteiger partial charge in [0.1, 0.15) is 0 Å². The van der Waals surface area contributed by atoms with Gasteiger partial charge in [0.2, 0.25) is 0 Å². The molecule has 0 saturated heterocycles. The average molecular weight is 707 g/mol. The average Bonchev–Trinajstić information content (AvgIpc) is 3.54. The maximum Gasteiger partial charge on any atom is 0.183 e. The predicted octanol–water partition coefficient (Wildman–Crippen LogP) is 9.26. The molecule has 2 heterocycles. The zero-order valence-corrected chi connectivity index (χ0v) is 31.4. The highest BCUT2D eigenvalue weighted by atomic mass is 28.3. The minimum atomic E-state index is -2.66. The molecular weight excluding hydrogens is 669 g/mol. The Balaban J connectivity index is 1.14. The summed E-state index contributed by atoms with van der Waals surface area (Å²) in [6.45, 7) is 0. The monoisotopic (exact) mass is 706 g/mol. The Kier molecular flexibility index (Phi) is 6.65. The van der Waals surface area contributed by atoms with Crippen molar-refractivity contribution in [3.63, 3.8) is 0 Å². The molecule has 1 spiro atoms. The van der Waals surface area contributed by atoms with E-state index in [2.05, 4.69) is 218 Å². The van der Waals surface area contributed by atoms with Gasteiger partial charge in [0.05, 0.1) is 5.41 Å². The van der Waals surface area contributed by atoms with E-state index >= 15 is 0 Å². The fraction of sp³-hybridized carbons (Fsp3) is 0.0588. The first-order chi connectivity index (χ1) is 26.6. The Morgan fingerprint density at radius 2 is 0.796 bits per heavy atom. The smallest absolute Gasteiger partial charge is 0.183 e. The fourth-order valence-electron chi connectivity index (χ4n) is 10.3. The first-order valence-corrected chi connectivity index (χ1v) is 20.9. The molecule has 0 atom stereocenters. The summed E-state index contributed by atoms with van der Waals surface area (Å²) in [6, 6.07) is 73.2. The highest BCUT2D eigenvalue weighted by Gasteiger charge is 2.51. The standard InChI is InChI=1S/C51H38N2Si/c1-52-45-26-14-13-25-43(45)51(41-23-11-9-21-39(41)40-22-10-12-24-42(40)51)44-31-29-35(33-47(44)52)36-30-32-50-48(34-36)53(2)46-27-15-16-28-49(46)54(50,37-17-5-3-6-18-37)38-19-7-4-8-20-38/h3-34H,1-2H3. The molecule has 0 unspecified atom stereocenters. The Morgan fingerprint density at radius 1 is 0.352 bits per heavy atom. The van der Waals surface area contributed by atoms with E-state index in [1.54, 1.807) is 0 Å². The zero-order valence-electron chi connectivity index (χ0n) is 30.4. The second-order valence-corrected chi connectivity index (χ2v) is 18.7. The summed E-state index contributed by atoms with van der Waals surface area (Å²) in [7, 11) is 1.82. The van der Waals surface area contributed by atoms with Crippen LogP contribution in [0.3, 0.4) is 0 Å². The topological polar surface area (TPSA) is 6.48 Å². The molecule has 0 N–H and O–H groups in total. The molecule has 256 valence electrons. The molecule has 0 amide bonds. The lowest BCUT2D eigenvalue weighted by Crippen LogP contribution is -2.77. The minimum absolute atomic E-state index is 0.402. The van der Waals surface area contributed by atoms with Gasteiger partial charge < -0.3 is 9.80 Å². The molecule has 8 aromatic rings. The lowest BCUT2D eigenvalue weighted by Gasteiger charge is -2.44. The van der Waals surface area contributed by atoms with Crippen molar-refractivity contribution in [1.82, 2.24) is 0 Å². The van der Waals surface area contributed by atoms with E-state index in [-0.39, 0.29) is 0 Å². The molecule has 3 aliphatic rings. The van der Waals surface area contributed by atoms with E-state index in [0.717, 1.165) is 0 Å². The number of nitrogens with zero attached hydrogens (tertiary/aromatic N) is 2. The number of hydrogen-bond donors (Lipinski definition) is 0. The summed E-state index contributed by atoms with van der Waals surface area (Å²) in [5.74, 6) is 0. The van der Waals surface area contributed by atoms with Gasteiger partial charge in [-0.05, 0) is 89.5 Å². The molecule has 54 heavy (non-hydrogen) atoms. The van der Waals surface area contributed by atoms with Crippen LogP contribution in [0.25, 0.3) is 22.3 Å². The number of para-hydroxylation sites is 2. The Bertz CT molecular complexity index is 2580. The van der Waals surface area contributed by atoms with Crippen LogP contribution in [0.4, 0.5) is 22.7 Å². The molecule has 3 heteroatoms. The Labute approximate surface area is 318 Å².